The summed E-state index contributed by atoms with van der Waals surface area (Å²) in [5.74, 6) is 0.938. The Morgan fingerprint density at radius 2 is 2.12 bits per heavy atom. The third kappa shape index (κ3) is 4.95. The van der Waals surface area contributed by atoms with E-state index in [9.17, 15) is 4.79 Å². The van der Waals surface area contributed by atoms with Crippen LogP contribution in [0.1, 0.15) is 51.0 Å². The van der Waals surface area contributed by atoms with Gasteiger partial charge in [-0.2, -0.15) is 0 Å². The number of nitrogens with one attached hydrogen (secondary N) is 1. The van der Waals surface area contributed by atoms with E-state index in [1.165, 1.54) is 32.1 Å². The topological polar surface area (TPSA) is 44.7 Å². The molecule has 1 amide bonds. The Hall–Kier alpha value is -1.20. The molecule has 0 radical (unpaired) electrons. The lowest BCUT2D eigenvalue weighted by Crippen LogP contribution is -2.37. The Labute approximate surface area is 165 Å². The van der Waals surface area contributed by atoms with E-state index in [1.54, 1.807) is 11.8 Å². The van der Waals surface area contributed by atoms with Crippen LogP contribution in [-0.2, 0) is 4.79 Å². The number of hydrogen-bond acceptors (Lipinski definition) is 3. The second-order valence-corrected chi connectivity index (χ2v) is 8.58. The van der Waals surface area contributed by atoms with Gasteiger partial charge in [0.15, 0.2) is 5.17 Å². The normalized spacial score (nSPS) is 22.8. The zero-order valence-corrected chi connectivity index (χ0v) is 17.2. The molecule has 0 aromatic heterocycles. The van der Waals surface area contributed by atoms with Crippen LogP contribution in [0, 0.1) is 6.92 Å². The van der Waals surface area contributed by atoms with Gasteiger partial charge < -0.3 is 10.2 Å². The summed E-state index contributed by atoms with van der Waals surface area (Å²) >= 11 is 8.03. The Kier molecular flexibility index (Phi) is 6.87. The van der Waals surface area contributed by atoms with Gasteiger partial charge in [0, 0.05) is 24.8 Å². The second-order valence-electron chi connectivity index (χ2n) is 7.19. The number of halogens is 1. The summed E-state index contributed by atoms with van der Waals surface area (Å²) in [7, 11) is 0. The molecule has 3 rings (SSSR count). The van der Waals surface area contributed by atoms with Crippen LogP contribution in [0.15, 0.2) is 23.2 Å². The zero-order valence-electron chi connectivity index (χ0n) is 15.6. The molecule has 1 unspecified atom stereocenters. The molecule has 6 heteroatoms. The number of hydrogen-bond donors (Lipinski definition) is 1. The van der Waals surface area contributed by atoms with Gasteiger partial charge in [-0.25, -0.2) is 0 Å². The van der Waals surface area contributed by atoms with E-state index in [1.807, 2.05) is 25.1 Å². The van der Waals surface area contributed by atoms with E-state index in [0.717, 1.165) is 23.0 Å². The van der Waals surface area contributed by atoms with Crippen LogP contribution in [-0.4, -0.2) is 40.4 Å². The van der Waals surface area contributed by atoms with E-state index in [4.69, 9.17) is 16.6 Å². The van der Waals surface area contributed by atoms with E-state index in [0.29, 0.717) is 23.2 Å². The quantitative estimate of drug-likeness (QED) is 0.756. The average Bonchev–Trinajstić information content (AvgIpc) is 2.99. The van der Waals surface area contributed by atoms with Crippen molar-refractivity contribution in [2.24, 2.45) is 4.99 Å². The Balaban J connectivity index is 1.60. The fourth-order valence-corrected chi connectivity index (χ4v) is 5.27. The first-order chi connectivity index (χ1) is 12.6. The van der Waals surface area contributed by atoms with Crippen molar-refractivity contribution in [3.05, 3.63) is 28.8 Å². The fraction of sp³-hybridized carbons (Fsp3) is 0.600. The van der Waals surface area contributed by atoms with Crippen LogP contribution in [0.2, 0.25) is 5.02 Å². The highest BCUT2D eigenvalue weighted by Gasteiger charge is 2.31. The van der Waals surface area contributed by atoms with Crippen LogP contribution >= 0.6 is 23.4 Å². The molecule has 1 aromatic rings. The molecule has 2 aliphatic rings. The fourth-order valence-electron chi connectivity index (χ4n) is 3.68. The van der Waals surface area contributed by atoms with Crippen LogP contribution < -0.4 is 5.32 Å². The molecular weight excluding hydrogens is 366 g/mol. The van der Waals surface area contributed by atoms with Crippen molar-refractivity contribution < 1.29 is 4.79 Å². The number of aryl methyl sites for hydroxylation is 1. The van der Waals surface area contributed by atoms with Crippen molar-refractivity contribution >= 4 is 40.1 Å². The molecule has 1 saturated carbocycles. The second kappa shape index (κ2) is 9.14. The van der Waals surface area contributed by atoms with Crippen LogP contribution in [0.3, 0.4) is 0 Å². The maximum atomic E-state index is 12.5. The minimum absolute atomic E-state index is 0.0127. The number of nitrogens with zero attached hydrogens (tertiary/aromatic N) is 2. The maximum Gasteiger partial charge on any atom is 0.226 e. The first-order valence-electron chi connectivity index (χ1n) is 9.60. The molecule has 142 valence electrons. The smallest absolute Gasteiger partial charge is 0.226 e. The van der Waals surface area contributed by atoms with E-state index in [-0.39, 0.29) is 11.9 Å². The Morgan fingerprint density at radius 3 is 2.81 bits per heavy atom. The summed E-state index contributed by atoms with van der Waals surface area (Å²) in [4.78, 5) is 19.8. The number of amides is 1. The van der Waals surface area contributed by atoms with Crippen molar-refractivity contribution in [2.75, 3.05) is 17.6 Å². The first-order valence-corrected chi connectivity index (χ1v) is 11.0. The molecule has 1 heterocycles. The van der Waals surface area contributed by atoms with Crippen molar-refractivity contribution in [1.82, 2.24) is 4.90 Å². The van der Waals surface area contributed by atoms with E-state index >= 15 is 0 Å². The number of amidine groups is 1. The molecule has 1 atom stereocenters. The summed E-state index contributed by atoms with van der Waals surface area (Å²) in [5, 5.41) is 4.68. The first kappa shape index (κ1) is 19.6. The zero-order chi connectivity index (χ0) is 18.5. The van der Waals surface area contributed by atoms with Gasteiger partial charge in [0.1, 0.15) is 0 Å². The van der Waals surface area contributed by atoms with E-state index < -0.39 is 0 Å². The van der Waals surface area contributed by atoms with Gasteiger partial charge in [-0.3, -0.25) is 9.79 Å². The molecule has 0 bridgehead atoms. The molecule has 26 heavy (non-hydrogen) atoms. The lowest BCUT2D eigenvalue weighted by atomic mass is 9.96. The summed E-state index contributed by atoms with van der Waals surface area (Å²) in [6.07, 6.45) is 6.81. The van der Waals surface area contributed by atoms with Gasteiger partial charge in [-0.05, 0) is 44.4 Å². The van der Waals surface area contributed by atoms with Crippen LogP contribution in [0.25, 0.3) is 0 Å². The number of anilines is 1. The number of benzene rings is 1. The monoisotopic (exact) mass is 393 g/mol. The lowest BCUT2D eigenvalue weighted by molar-refractivity contribution is -0.116. The predicted molar refractivity (Wildman–Crippen MR) is 112 cm³/mol. The van der Waals surface area contributed by atoms with Crippen LogP contribution in [0.4, 0.5) is 5.69 Å². The number of rotatable bonds is 5. The number of carbonyl (C=O) groups is 1. The summed E-state index contributed by atoms with van der Waals surface area (Å²) < 4.78 is 0. The Bertz CT molecular complexity index is 673. The highest BCUT2D eigenvalue weighted by atomic mass is 35.5. The molecular formula is C20H28ClN3OS. The summed E-state index contributed by atoms with van der Waals surface area (Å²) in [5.41, 5.74) is 1.77. The minimum atomic E-state index is 0.0127. The van der Waals surface area contributed by atoms with Gasteiger partial charge in [-0.15, -0.1) is 0 Å². The SMILES string of the molecule is CCN1C(=NC2CCCCC2)SCC1CC(=O)Nc1ccc(C)cc1Cl. The highest BCUT2D eigenvalue weighted by Crippen LogP contribution is 2.30. The molecule has 4 nitrogen and oxygen atoms in total. The average molecular weight is 394 g/mol. The minimum Gasteiger partial charge on any atom is -0.347 e. The third-order valence-electron chi connectivity index (χ3n) is 5.12. The highest BCUT2D eigenvalue weighted by molar-refractivity contribution is 8.14. The van der Waals surface area contributed by atoms with Gasteiger partial charge in [0.2, 0.25) is 5.91 Å². The Morgan fingerprint density at radius 1 is 1.35 bits per heavy atom. The number of carbonyl (C=O) groups excluding carboxylic acids is 1. The van der Waals surface area contributed by atoms with Crippen molar-refractivity contribution in [3.8, 4) is 0 Å². The standard InChI is InChI=1S/C20H28ClN3OS/c1-3-24-16(13-26-20(24)22-15-7-5-4-6-8-15)12-19(25)23-18-10-9-14(2)11-17(18)21/h9-11,15-16H,3-8,12-13H2,1-2H3,(H,23,25). The molecule has 1 aliphatic heterocycles. The number of aliphatic imine (C=N–C) groups is 1. The van der Waals surface area contributed by atoms with Gasteiger partial charge in [0.05, 0.1) is 16.8 Å². The maximum absolute atomic E-state index is 12.5. The number of thioether (sulfide) groups is 1. The van der Waals surface area contributed by atoms with Crippen molar-refractivity contribution in [2.45, 2.75) is 64.5 Å². The molecule has 0 spiro atoms. The lowest BCUT2D eigenvalue weighted by Gasteiger charge is -2.26. The predicted octanol–water partition coefficient (Wildman–Crippen LogP) is 5.10. The van der Waals surface area contributed by atoms with Gasteiger partial charge in [-0.1, -0.05) is 48.7 Å². The van der Waals surface area contributed by atoms with Crippen molar-refractivity contribution in [3.63, 3.8) is 0 Å². The molecule has 1 saturated heterocycles. The van der Waals surface area contributed by atoms with Gasteiger partial charge >= 0.3 is 0 Å². The molecule has 2 fully saturated rings. The summed E-state index contributed by atoms with van der Waals surface area (Å²) in [6, 6.07) is 6.37. The summed E-state index contributed by atoms with van der Waals surface area (Å²) in [6.45, 7) is 5.02. The van der Waals surface area contributed by atoms with Crippen molar-refractivity contribution in [1.29, 1.82) is 0 Å². The molecule has 1 aliphatic carbocycles. The van der Waals surface area contributed by atoms with Crippen LogP contribution in [0.5, 0.6) is 0 Å². The van der Waals surface area contributed by atoms with E-state index in [2.05, 4.69) is 17.1 Å². The largest absolute Gasteiger partial charge is 0.347 e. The molecule has 1 N–H and O–H groups in total. The molecule has 1 aromatic carbocycles. The third-order valence-corrected chi connectivity index (χ3v) is 6.58. The van der Waals surface area contributed by atoms with Gasteiger partial charge in [0.25, 0.3) is 0 Å².